The molecule has 13 rings (SSSR count). The molecule has 0 radical (unpaired) electrons. The average molecular weight is 707 g/mol. The van der Waals surface area contributed by atoms with E-state index < -0.39 is 0 Å². The normalized spacial score (nSPS) is 12.2. The molecule has 0 amide bonds. The Morgan fingerprint density at radius 2 is 0.804 bits per heavy atom. The van der Waals surface area contributed by atoms with Gasteiger partial charge in [0.25, 0.3) is 0 Å². The van der Waals surface area contributed by atoms with Crippen LogP contribution in [0.1, 0.15) is 5.56 Å². The molecule has 0 fully saturated rings. The van der Waals surface area contributed by atoms with Crippen LogP contribution in [-0.2, 0) is 0 Å². The van der Waals surface area contributed by atoms with Crippen molar-refractivity contribution in [1.29, 1.82) is 5.26 Å². The van der Waals surface area contributed by atoms with Crippen molar-refractivity contribution in [2.45, 2.75) is 0 Å². The van der Waals surface area contributed by atoms with E-state index in [1.54, 1.807) is 0 Å². The van der Waals surface area contributed by atoms with Crippen molar-refractivity contribution in [3.8, 4) is 62.0 Å². The molecule has 2 heterocycles. The van der Waals surface area contributed by atoms with E-state index >= 15 is 0 Å². The van der Waals surface area contributed by atoms with Gasteiger partial charge in [-0.05, 0) is 91.7 Å². The van der Waals surface area contributed by atoms with Crippen molar-refractivity contribution in [1.82, 2.24) is 9.13 Å². The Bertz CT molecular complexity index is 3500. The standard InChI is InChI=1S/C52H26N4/c1-54-50-46(55-44-22-8-6-16-34(44)42-26-40-32-14-4-2-12-30(32)36-18-10-20-38(48(36)40)51(42)55)24-29(28-53)25-47(50)56-45-23-9-7-17-35(45)43-27-41-33-15-5-3-13-31(33)37-19-11-21-39(49(37)41)52(43)56/h2-27H. The molecule has 254 valence electrons. The van der Waals surface area contributed by atoms with Crippen molar-refractivity contribution in [2.75, 3.05) is 0 Å². The fraction of sp³-hybridized carbons (Fsp3) is 0. The van der Waals surface area contributed by atoms with E-state index in [1.165, 1.54) is 55.3 Å². The number of nitriles is 1. The first kappa shape index (κ1) is 29.5. The summed E-state index contributed by atoms with van der Waals surface area (Å²) in [5.74, 6) is 0. The van der Waals surface area contributed by atoms with Crippen LogP contribution in [0.2, 0.25) is 0 Å². The first-order valence-electron chi connectivity index (χ1n) is 18.9. The predicted molar refractivity (Wildman–Crippen MR) is 230 cm³/mol. The number of benzene rings is 9. The number of nitrogens with zero attached hydrogens (tertiary/aromatic N) is 4. The van der Waals surface area contributed by atoms with Crippen LogP contribution in [0, 0.1) is 17.9 Å². The molecule has 9 aromatic carbocycles. The van der Waals surface area contributed by atoms with Crippen molar-refractivity contribution >= 4 is 70.8 Å². The lowest BCUT2D eigenvalue weighted by atomic mass is 9.99. The molecule has 0 unspecified atom stereocenters. The lowest BCUT2D eigenvalue weighted by molar-refractivity contribution is 1.14. The molecule has 0 spiro atoms. The van der Waals surface area contributed by atoms with Crippen LogP contribution >= 0.6 is 0 Å². The van der Waals surface area contributed by atoms with Crippen LogP contribution in [0.5, 0.6) is 0 Å². The monoisotopic (exact) mass is 706 g/mol. The summed E-state index contributed by atoms with van der Waals surface area (Å²) < 4.78 is 4.50. The van der Waals surface area contributed by atoms with Gasteiger partial charge in [0.15, 0.2) is 0 Å². The Morgan fingerprint density at radius 3 is 1.25 bits per heavy atom. The van der Waals surface area contributed by atoms with Gasteiger partial charge in [0.1, 0.15) is 0 Å². The quantitative estimate of drug-likeness (QED) is 0.165. The number of para-hydroxylation sites is 2. The number of hydrogen-bond donors (Lipinski definition) is 0. The Morgan fingerprint density at radius 1 is 0.411 bits per heavy atom. The van der Waals surface area contributed by atoms with E-state index in [1.807, 2.05) is 12.1 Å². The molecule has 4 heteroatoms. The van der Waals surface area contributed by atoms with Crippen LogP contribution in [0.4, 0.5) is 5.69 Å². The van der Waals surface area contributed by atoms with Crippen LogP contribution in [0.25, 0.3) is 126 Å². The summed E-state index contributed by atoms with van der Waals surface area (Å²) >= 11 is 0. The molecule has 0 saturated heterocycles. The van der Waals surface area contributed by atoms with Gasteiger partial charge < -0.3 is 9.13 Å². The lowest BCUT2D eigenvalue weighted by Crippen LogP contribution is -2.02. The summed E-state index contributed by atoms with van der Waals surface area (Å²) in [6.07, 6.45) is 0. The van der Waals surface area contributed by atoms with Gasteiger partial charge in [-0.15, -0.1) is 0 Å². The number of hydrogen-bond acceptors (Lipinski definition) is 1. The summed E-state index contributed by atoms with van der Waals surface area (Å²) in [4.78, 5) is 4.40. The number of fused-ring (bicyclic) bond motifs is 14. The van der Waals surface area contributed by atoms with Crippen molar-refractivity contribution in [3.05, 3.63) is 175 Å². The molecule has 56 heavy (non-hydrogen) atoms. The summed E-state index contributed by atoms with van der Waals surface area (Å²) in [6.45, 7) is 8.96. The third-order valence-corrected chi connectivity index (χ3v) is 12.4. The molecule has 11 aromatic rings. The highest BCUT2D eigenvalue weighted by atomic mass is 15.1. The fourth-order valence-electron chi connectivity index (χ4n) is 10.3. The molecule has 4 nitrogen and oxygen atoms in total. The van der Waals surface area contributed by atoms with Crippen LogP contribution in [0.3, 0.4) is 0 Å². The topological polar surface area (TPSA) is 38.0 Å². The molecule has 2 aromatic heterocycles. The molecule has 0 N–H and O–H groups in total. The van der Waals surface area contributed by atoms with E-state index in [-0.39, 0.29) is 0 Å². The van der Waals surface area contributed by atoms with Crippen LogP contribution in [0.15, 0.2) is 158 Å². The Balaban J connectivity index is 1.20. The van der Waals surface area contributed by atoms with Crippen molar-refractivity contribution < 1.29 is 0 Å². The molecule has 0 saturated carbocycles. The molecule has 0 bridgehead atoms. The maximum atomic E-state index is 10.8. The van der Waals surface area contributed by atoms with Crippen LogP contribution < -0.4 is 0 Å². The fourth-order valence-corrected chi connectivity index (χ4v) is 10.3. The molecular formula is C52H26N4. The van der Waals surface area contributed by atoms with E-state index in [0.717, 1.165) is 54.4 Å². The summed E-state index contributed by atoms with van der Waals surface area (Å²) in [7, 11) is 0. The van der Waals surface area contributed by atoms with Gasteiger partial charge in [-0.25, -0.2) is 4.85 Å². The second kappa shape index (κ2) is 10.4. The third-order valence-electron chi connectivity index (χ3n) is 12.4. The minimum Gasteiger partial charge on any atom is -0.318 e. The zero-order chi connectivity index (χ0) is 36.8. The largest absolute Gasteiger partial charge is 0.318 e. The molecule has 2 aliphatic carbocycles. The summed E-state index contributed by atoms with van der Waals surface area (Å²) in [5, 5.41) is 19.9. The second-order valence-electron chi connectivity index (χ2n) is 15.0. The smallest absolute Gasteiger partial charge is 0.234 e. The maximum Gasteiger partial charge on any atom is 0.234 e. The van der Waals surface area contributed by atoms with Crippen molar-refractivity contribution in [3.63, 3.8) is 0 Å². The highest BCUT2D eigenvalue weighted by Gasteiger charge is 2.29. The van der Waals surface area contributed by atoms with Gasteiger partial charge in [0.2, 0.25) is 5.69 Å². The SMILES string of the molecule is [C-]#[N+]c1c(-n2c3ccccc3c3cc4c5c(cccc5c32)-c2ccccc2-4)cc(C#N)cc1-n1c2ccccc2c2cc3c4c(cccc4c21)-c1ccccc1-3. The van der Waals surface area contributed by atoms with E-state index in [9.17, 15) is 5.26 Å². The van der Waals surface area contributed by atoms with Gasteiger partial charge in [0.05, 0.1) is 51.6 Å². The van der Waals surface area contributed by atoms with Gasteiger partial charge in [-0.3, -0.25) is 0 Å². The van der Waals surface area contributed by atoms with Gasteiger partial charge in [-0.1, -0.05) is 121 Å². The molecule has 0 atom stereocenters. The van der Waals surface area contributed by atoms with E-state index in [4.69, 9.17) is 6.57 Å². The zero-order valence-electron chi connectivity index (χ0n) is 29.8. The van der Waals surface area contributed by atoms with Gasteiger partial charge in [0, 0.05) is 32.3 Å². The Kier molecular flexibility index (Phi) is 5.48. The minimum atomic E-state index is 0.493. The maximum absolute atomic E-state index is 10.8. The Labute approximate surface area is 320 Å². The third kappa shape index (κ3) is 3.48. The molecule has 0 aliphatic heterocycles. The molecular weight excluding hydrogens is 681 g/mol. The molecule has 2 aliphatic rings. The number of rotatable bonds is 2. The first-order chi connectivity index (χ1) is 27.7. The summed E-state index contributed by atoms with van der Waals surface area (Å²) in [6, 6.07) is 58.4. The number of aromatic nitrogens is 2. The van der Waals surface area contributed by atoms with Crippen molar-refractivity contribution in [2.24, 2.45) is 0 Å². The highest BCUT2D eigenvalue weighted by molar-refractivity contribution is 6.29. The highest BCUT2D eigenvalue weighted by Crippen LogP contribution is 2.54. The minimum absolute atomic E-state index is 0.493. The predicted octanol–water partition coefficient (Wildman–Crippen LogP) is 13.9. The van der Waals surface area contributed by atoms with Gasteiger partial charge in [-0.2, -0.15) is 5.26 Å². The Hall–Kier alpha value is -7.92. The van der Waals surface area contributed by atoms with E-state index in [2.05, 4.69) is 166 Å². The second-order valence-corrected chi connectivity index (χ2v) is 15.0. The van der Waals surface area contributed by atoms with Crippen LogP contribution in [-0.4, -0.2) is 9.13 Å². The summed E-state index contributed by atoms with van der Waals surface area (Å²) in [5.41, 5.74) is 16.3. The van der Waals surface area contributed by atoms with Gasteiger partial charge >= 0.3 is 0 Å². The average Bonchev–Trinajstić information content (AvgIpc) is 3.98. The lowest BCUT2D eigenvalue weighted by Gasteiger charge is -2.18. The zero-order valence-corrected chi connectivity index (χ0v) is 29.8. The first-order valence-corrected chi connectivity index (χ1v) is 18.9. The van der Waals surface area contributed by atoms with E-state index in [0.29, 0.717) is 22.6 Å².